The van der Waals surface area contributed by atoms with E-state index in [1.807, 2.05) is 42.5 Å². The van der Waals surface area contributed by atoms with E-state index in [0.29, 0.717) is 13.0 Å². The van der Waals surface area contributed by atoms with Gasteiger partial charge in [0.25, 0.3) is 0 Å². The quantitative estimate of drug-likeness (QED) is 0.741. The number of carbonyl (C=O) groups is 1. The van der Waals surface area contributed by atoms with Crippen molar-refractivity contribution in [3.63, 3.8) is 0 Å². The van der Waals surface area contributed by atoms with Crippen LogP contribution in [0.3, 0.4) is 0 Å². The number of hydrogen-bond donors (Lipinski definition) is 2. The van der Waals surface area contributed by atoms with Crippen LogP contribution in [0.5, 0.6) is 17.2 Å². The number of rotatable bonds is 5. The number of methoxy groups -OCH3 is 1. The molecular formula is C25H30N2O5. The van der Waals surface area contributed by atoms with Crippen molar-refractivity contribution in [1.29, 1.82) is 0 Å². The zero-order valence-electron chi connectivity index (χ0n) is 18.4. The number of hydrogen-bond acceptors (Lipinski definition) is 6. The summed E-state index contributed by atoms with van der Waals surface area (Å²) >= 11 is 0. The lowest BCUT2D eigenvalue weighted by Gasteiger charge is -2.52. The molecule has 0 bridgehead atoms. The predicted molar refractivity (Wildman–Crippen MR) is 120 cm³/mol. The molecule has 0 radical (unpaired) electrons. The maximum atomic E-state index is 12.9. The number of nitrogens with zero attached hydrogens (tertiary/aromatic N) is 1. The molecule has 2 aromatic rings. The van der Waals surface area contributed by atoms with Gasteiger partial charge in [0, 0.05) is 24.2 Å². The molecule has 0 unspecified atom stereocenters. The Morgan fingerprint density at radius 1 is 1.16 bits per heavy atom. The Bertz CT molecular complexity index is 979. The molecule has 0 aromatic heterocycles. The van der Waals surface area contributed by atoms with E-state index in [1.54, 1.807) is 7.11 Å². The lowest BCUT2D eigenvalue weighted by Crippen LogP contribution is -2.56. The lowest BCUT2D eigenvalue weighted by atomic mass is 9.66. The summed E-state index contributed by atoms with van der Waals surface area (Å²) in [6.45, 7) is 1.16. The van der Waals surface area contributed by atoms with Gasteiger partial charge in [0.1, 0.15) is 5.75 Å². The van der Waals surface area contributed by atoms with Gasteiger partial charge in [-0.25, -0.2) is 0 Å². The van der Waals surface area contributed by atoms with Crippen molar-refractivity contribution < 1.29 is 24.1 Å². The van der Waals surface area contributed by atoms with Gasteiger partial charge >= 0.3 is 0 Å². The van der Waals surface area contributed by atoms with Crippen LogP contribution in [0.4, 0.5) is 5.69 Å². The molecule has 2 aliphatic heterocycles. The van der Waals surface area contributed by atoms with E-state index in [4.69, 9.17) is 14.2 Å². The molecule has 3 aliphatic rings. The molecule has 2 heterocycles. The average molecular weight is 439 g/mol. The van der Waals surface area contributed by atoms with Crippen LogP contribution in [-0.2, 0) is 4.79 Å². The summed E-state index contributed by atoms with van der Waals surface area (Å²) in [4.78, 5) is 15.2. The largest absolute Gasteiger partial charge is 0.497 e. The summed E-state index contributed by atoms with van der Waals surface area (Å²) < 4.78 is 16.3. The highest BCUT2D eigenvalue weighted by atomic mass is 16.7. The first-order chi connectivity index (χ1) is 15.6. The van der Waals surface area contributed by atoms with Crippen LogP contribution in [-0.4, -0.2) is 48.5 Å². The number of aliphatic hydroxyl groups is 1. The SMILES string of the molecule is COc1ccc(NC(=O)CN2CC[C@]3(O)CCCC[C@H]3[C@@H]2c2ccc3c(c2)OCO3)cc1. The highest BCUT2D eigenvalue weighted by Crippen LogP contribution is 2.50. The summed E-state index contributed by atoms with van der Waals surface area (Å²) in [5, 5.41) is 14.5. The maximum Gasteiger partial charge on any atom is 0.238 e. The molecule has 170 valence electrons. The van der Waals surface area contributed by atoms with Crippen LogP contribution in [0.25, 0.3) is 0 Å². The van der Waals surface area contributed by atoms with Gasteiger partial charge in [-0.15, -0.1) is 0 Å². The van der Waals surface area contributed by atoms with Crippen molar-refractivity contribution in [3.05, 3.63) is 48.0 Å². The summed E-state index contributed by atoms with van der Waals surface area (Å²) in [6, 6.07) is 13.3. The van der Waals surface area contributed by atoms with Crippen LogP contribution < -0.4 is 19.5 Å². The van der Waals surface area contributed by atoms with E-state index >= 15 is 0 Å². The third-order valence-corrected chi connectivity index (χ3v) is 7.13. The first kappa shape index (κ1) is 21.1. The fourth-order valence-corrected chi connectivity index (χ4v) is 5.52. The lowest BCUT2D eigenvalue weighted by molar-refractivity contribution is -0.135. The molecule has 2 N–H and O–H groups in total. The molecule has 2 fully saturated rings. The van der Waals surface area contributed by atoms with E-state index in [1.165, 1.54) is 0 Å². The molecule has 5 rings (SSSR count). The zero-order chi connectivity index (χ0) is 22.1. The summed E-state index contributed by atoms with van der Waals surface area (Å²) in [6.07, 6.45) is 4.62. The van der Waals surface area contributed by atoms with Crippen molar-refractivity contribution in [1.82, 2.24) is 4.90 Å². The monoisotopic (exact) mass is 438 g/mol. The Morgan fingerprint density at radius 2 is 1.97 bits per heavy atom. The first-order valence-electron chi connectivity index (χ1n) is 11.4. The minimum atomic E-state index is -0.678. The van der Waals surface area contributed by atoms with Crippen LogP contribution in [0.15, 0.2) is 42.5 Å². The Morgan fingerprint density at radius 3 is 2.78 bits per heavy atom. The number of fused-ring (bicyclic) bond motifs is 2. The van der Waals surface area contributed by atoms with Crippen LogP contribution in [0.2, 0.25) is 0 Å². The Hall–Kier alpha value is -2.77. The third kappa shape index (κ3) is 4.02. The van der Waals surface area contributed by atoms with E-state index in [2.05, 4.69) is 10.2 Å². The summed E-state index contributed by atoms with van der Waals surface area (Å²) in [7, 11) is 1.62. The number of anilines is 1. The van der Waals surface area contributed by atoms with Gasteiger partial charge in [-0.1, -0.05) is 18.9 Å². The van der Waals surface area contributed by atoms with Crippen molar-refractivity contribution in [3.8, 4) is 17.2 Å². The zero-order valence-corrected chi connectivity index (χ0v) is 18.4. The van der Waals surface area contributed by atoms with Gasteiger partial charge in [-0.3, -0.25) is 9.69 Å². The fourth-order valence-electron chi connectivity index (χ4n) is 5.52. The average Bonchev–Trinajstić information content (AvgIpc) is 3.27. The van der Waals surface area contributed by atoms with E-state index in [9.17, 15) is 9.90 Å². The summed E-state index contributed by atoms with van der Waals surface area (Å²) in [5.41, 5.74) is 1.13. The molecule has 2 aromatic carbocycles. The minimum absolute atomic E-state index is 0.0508. The molecule has 1 saturated carbocycles. The second-order valence-corrected chi connectivity index (χ2v) is 9.01. The molecule has 3 atom stereocenters. The highest BCUT2D eigenvalue weighted by molar-refractivity contribution is 5.92. The van der Waals surface area contributed by atoms with Crippen molar-refractivity contribution >= 4 is 11.6 Å². The van der Waals surface area contributed by atoms with Crippen molar-refractivity contribution in [2.45, 2.75) is 43.7 Å². The van der Waals surface area contributed by atoms with Crippen LogP contribution in [0, 0.1) is 5.92 Å². The third-order valence-electron chi connectivity index (χ3n) is 7.13. The second-order valence-electron chi connectivity index (χ2n) is 9.01. The van der Waals surface area contributed by atoms with Crippen LogP contribution in [0.1, 0.15) is 43.7 Å². The topological polar surface area (TPSA) is 80.3 Å². The fraction of sp³-hybridized carbons (Fsp3) is 0.480. The molecule has 1 aliphatic carbocycles. The summed E-state index contributed by atoms with van der Waals surface area (Å²) in [5.74, 6) is 2.24. The maximum absolute atomic E-state index is 12.9. The number of piperidine rings is 1. The first-order valence-corrected chi connectivity index (χ1v) is 11.4. The van der Waals surface area contributed by atoms with Gasteiger partial charge in [0.2, 0.25) is 12.7 Å². The highest BCUT2D eigenvalue weighted by Gasteiger charge is 2.49. The number of amides is 1. The normalized spacial score (nSPS) is 26.9. The van der Waals surface area contributed by atoms with Gasteiger partial charge in [-0.2, -0.15) is 0 Å². The molecule has 0 spiro atoms. The standard InChI is InChI=1S/C25H30N2O5/c1-30-19-8-6-18(7-9-19)26-23(28)15-27-13-12-25(29)11-3-2-4-20(25)24(27)17-5-10-21-22(14-17)32-16-31-21/h5-10,14,20,24,29H,2-4,11-13,15-16H2,1H3,(H,26,28)/t20-,24-,25+/m0/s1. The second kappa shape index (κ2) is 8.64. The molecular weight excluding hydrogens is 408 g/mol. The number of likely N-dealkylation sites (tertiary alicyclic amines) is 1. The van der Waals surface area contributed by atoms with Crippen molar-refractivity contribution in [2.24, 2.45) is 5.92 Å². The molecule has 7 nitrogen and oxygen atoms in total. The molecule has 1 amide bonds. The van der Waals surface area contributed by atoms with E-state index in [0.717, 1.165) is 54.2 Å². The van der Waals surface area contributed by atoms with Gasteiger partial charge in [0.15, 0.2) is 11.5 Å². The van der Waals surface area contributed by atoms with E-state index < -0.39 is 5.60 Å². The smallest absolute Gasteiger partial charge is 0.238 e. The van der Waals surface area contributed by atoms with Crippen LogP contribution >= 0.6 is 0 Å². The van der Waals surface area contributed by atoms with E-state index in [-0.39, 0.29) is 31.2 Å². The molecule has 1 saturated heterocycles. The number of carbonyl (C=O) groups excluding carboxylic acids is 1. The van der Waals surface area contributed by atoms with Gasteiger partial charge in [-0.05, 0) is 61.2 Å². The Labute approximate surface area is 188 Å². The number of ether oxygens (including phenoxy) is 3. The Balaban J connectivity index is 1.38. The predicted octanol–water partition coefficient (Wildman–Crippen LogP) is 3.73. The van der Waals surface area contributed by atoms with Crippen molar-refractivity contribution in [2.75, 3.05) is 32.3 Å². The molecule has 7 heteroatoms. The van der Waals surface area contributed by atoms with Gasteiger partial charge in [0.05, 0.1) is 19.3 Å². The minimum Gasteiger partial charge on any atom is -0.497 e. The number of nitrogens with one attached hydrogen (secondary N) is 1. The number of benzene rings is 2. The van der Waals surface area contributed by atoms with Gasteiger partial charge < -0.3 is 24.6 Å². The Kier molecular flexibility index (Phi) is 5.69. The molecule has 32 heavy (non-hydrogen) atoms.